The summed E-state index contributed by atoms with van der Waals surface area (Å²) in [5, 5.41) is 4.86. The number of halogens is 1. The van der Waals surface area contributed by atoms with Crippen molar-refractivity contribution in [2.75, 3.05) is 11.9 Å². The number of thiazole rings is 1. The molecule has 0 aliphatic heterocycles. The van der Waals surface area contributed by atoms with Gasteiger partial charge in [-0.25, -0.2) is 9.37 Å². The summed E-state index contributed by atoms with van der Waals surface area (Å²) in [6.45, 7) is 5.56. The predicted octanol–water partition coefficient (Wildman–Crippen LogP) is 3.30. The molecule has 1 N–H and O–H groups in total. The van der Waals surface area contributed by atoms with Gasteiger partial charge in [0.05, 0.1) is 24.1 Å². The van der Waals surface area contributed by atoms with E-state index in [0.29, 0.717) is 23.0 Å². The zero-order chi connectivity index (χ0) is 17.7. The standard InChI is InChI=1S/C17H19FN2O3S/c1-4-23-14(21)9-13-10-24-16(19-13)20-15(22)17(2,3)11-5-7-12(18)8-6-11/h5-8,10H,4,9H2,1-3H3,(H,19,20,22). The fraction of sp³-hybridized carbons (Fsp3) is 0.353. The van der Waals surface area contributed by atoms with Crippen LogP contribution in [0.2, 0.25) is 0 Å². The predicted molar refractivity (Wildman–Crippen MR) is 90.5 cm³/mol. The Balaban J connectivity index is 2.05. The first-order valence-corrected chi connectivity index (χ1v) is 8.38. The summed E-state index contributed by atoms with van der Waals surface area (Å²) in [5.41, 5.74) is 0.402. The molecule has 5 nitrogen and oxygen atoms in total. The summed E-state index contributed by atoms with van der Waals surface area (Å²) < 4.78 is 17.9. The van der Waals surface area contributed by atoms with Gasteiger partial charge in [0, 0.05) is 5.38 Å². The summed E-state index contributed by atoms with van der Waals surface area (Å²) in [6.07, 6.45) is 0.0710. The number of anilines is 1. The molecule has 0 fully saturated rings. The van der Waals surface area contributed by atoms with E-state index < -0.39 is 5.41 Å². The van der Waals surface area contributed by atoms with Crippen molar-refractivity contribution in [2.45, 2.75) is 32.6 Å². The average Bonchev–Trinajstić information content (AvgIpc) is 2.94. The van der Waals surface area contributed by atoms with Crippen molar-refractivity contribution in [1.29, 1.82) is 0 Å². The zero-order valence-corrected chi connectivity index (χ0v) is 14.6. The van der Waals surface area contributed by atoms with Crippen LogP contribution in [0, 0.1) is 5.82 Å². The quantitative estimate of drug-likeness (QED) is 0.812. The van der Waals surface area contributed by atoms with Gasteiger partial charge < -0.3 is 10.1 Å². The number of hydrogen-bond acceptors (Lipinski definition) is 5. The molecule has 0 atom stereocenters. The first-order valence-electron chi connectivity index (χ1n) is 7.50. The fourth-order valence-electron chi connectivity index (χ4n) is 2.06. The van der Waals surface area contributed by atoms with Gasteiger partial charge in [0.1, 0.15) is 5.82 Å². The molecule has 0 spiro atoms. The van der Waals surface area contributed by atoms with E-state index in [1.807, 2.05) is 0 Å². The highest BCUT2D eigenvalue weighted by Gasteiger charge is 2.30. The Labute approximate surface area is 143 Å². The number of rotatable bonds is 6. The van der Waals surface area contributed by atoms with Crippen LogP contribution in [-0.4, -0.2) is 23.5 Å². The third kappa shape index (κ3) is 4.38. The molecule has 0 aliphatic rings. The molecule has 0 aliphatic carbocycles. The summed E-state index contributed by atoms with van der Waals surface area (Å²) in [4.78, 5) is 28.2. The number of hydrogen-bond donors (Lipinski definition) is 1. The second-order valence-corrected chi connectivity index (χ2v) is 6.57. The first-order chi connectivity index (χ1) is 11.3. The van der Waals surface area contributed by atoms with Crippen LogP contribution in [0.4, 0.5) is 9.52 Å². The number of carbonyl (C=O) groups is 2. The number of benzene rings is 1. The lowest BCUT2D eigenvalue weighted by atomic mass is 9.84. The van der Waals surface area contributed by atoms with Crippen molar-refractivity contribution in [3.63, 3.8) is 0 Å². The topological polar surface area (TPSA) is 68.3 Å². The molecule has 0 saturated carbocycles. The zero-order valence-electron chi connectivity index (χ0n) is 13.8. The highest BCUT2D eigenvalue weighted by atomic mass is 32.1. The van der Waals surface area contributed by atoms with Crippen LogP contribution in [0.25, 0.3) is 0 Å². The van der Waals surface area contributed by atoms with Crippen LogP contribution < -0.4 is 5.32 Å². The van der Waals surface area contributed by atoms with Crippen LogP contribution in [0.3, 0.4) is 0 Å². The third-order valence-corrected chi connectivity index (χ3v) is 4.34. The molecule has 2 rings (SSSR count). The number of aromatic nitrogens is 1. The van der Waals surface area contributed by atoms with Crippen molar-refractivity contribution < 1.29 is 18.7 Å². The molecule has 0 bridgehead atoms. The smallest absolute Gasteiger partial charge is 0.311 e. The van der Waals surface area contributed by atoms with Gasteiger partial charge >= 0.3 is 5.97 Å². The monoisotopic (exact) mass is 350 g/mol. The molecule has 0 radical (unpaired) electrons. The number of nitrogens with one attached hydrogen (secondary N) is 1. The Hall–Kier alpha value is -2.28. The molecule has 24 heavy (non-hydrogen) atoms. The summed E-state index contributed by atoms with van der Waals surface area (Å²) >= 11 is 1.24. The van der Waals surface area contributed by atoms with Gasteiger partial charge in [-0.05, 0) is 38.5 Å². The molecule has 1 amide bonds. The van der Waals surface area contributed by atoms with E-state index in [2.05, 4.69) is 10.3 Å². The number of ether oxygens (including phenoxy) is 1. The Morgan fingerprint density at radius 2 is 1.96 bits per heavy atom. The molecule has 0 saturated heterocycles. The summed E-state index contributed by atoms with van der Waals surface area (Å²) in [6, 6.07) is 5.82. The lowest BCUT2D eigenvalue weighted by Crippen LogP contribution is -2.34. The minimum Gasteiger partial charge on any atom is -0.466 e. The third-order valence-electron chi connectivity index (χ3n) is 3.54. The van der Waals surface area contributed by atoms with Crippen molar-refractivity contribution in [3.05, 3.63) is 46.7 Å². The van der Waals surface area contributed by atoms with Crippen LogP contribution in [0.5, 0.6) is 0 Å². The molecule has 1 aromatic heterocycles. The minimum absolute atomic E-state index is 0.0710. The molecule has 1 aromatic carbocycles. The number of nitrogens with zero attached hydrogens (tertiary/aromatic N) is 1. The maximum atomic E-state index is 13.0. The van der Waals surface area contributed by atoms with Gasteiger partial charge in [0.25, 0.3) is 0 Å². The normalized spacial score (nSPS) is 11.2. The summed E-state index contributed by atoms with van der Waals surface area (Å²) in [7, 11) is 0. The second kappa shape index (κ2) is 7.53. The Morgan fingerprint density at radius 1 is 1.29 bits per heavy atom. The Morgan fingerprint density at radius 3 is 2.58 bits per heavy atom. The van der Waals surface area contributed by atoms with E-state index in [-0.39, 0.29) is 24.1 Å². The van der Waals surface area contributed by atoms with Crippen molar-refractivity contribution >= 4 is 28.3 Å². The van der Waals surface area contributed by atoms with Gasteiger partial charge in [0.2, 0.25) is 5.91 Å². The van der Waals surface area contributed by atoms with Gasteiger partial charge in [-0.3, -0.25) is 9.59 Å². The van der Waals surface area contributed by atoms with E-state index in [9.17, 15) is 14.0 Å². The van der Waals surface area contributed by atoms with Gasteiger partial charge in [-0.15, -0.1) is 11.3 Å². The number of esters is 1. The van der Waals surface area contributed by atoms with Crippen molar-refractivity contribution in [1.82, 2.24) is 4.98 Å². The van der Waals surface area contributed by atoms with Gasteiger partial charge in [-0.1, -0.05) is 12.1 Å². The highest BCUT2D eigenvalue weighted by Crippen LogP contribution is 2.26. The molecule has 2 aromatic rings. The lowest BCUT2D eigenvalue weighted by Gasteiger charge is -2.23. The molecule has 128 valence electrons. The lowest BCUT2D eigenvalue weighted by molar-refractivity contribution is -0.142. The Kier molecular flexibility index (Phi) is 5.66. The largest absolute Gasteiger partial charge is 0.466 e. The molecule has 0 unspecified atom stereocenters. The average molecular weight is 350 g/mol. The van der Waals surface area contributed by atoms with Crippen molar-refractivity contribution in [3.8, 4) is 0 Å². The maximum Gasteiger partial charge on any atom is 0.311 e. The Bertz CT molecular complexity index is 726. The van der Waals surface area contributed by atoms with Crippen LogP contribution in [0.15, 0.2) is 29.6 Å². The van der Waals surface area contributed by atoms with Crippen LogP contribution in [-0.2, 0) is 26.2 Å². The molecular formula is C17H19FN2O3S. The van der Waals surface area contributed by atoms with Gasteiger partial charge in [0.15, 0.2) is 5.13 Å². The van der Waals surface area contributed by atoms with Crippen LogP contribution >= 0.6 is 11.3 Å². The van der Waals surface area contributed by atoms with E-state index in [1.165, 1.54) is 23.5 Å². The van der Waals surface area contributed by atoms with E-state index >= 15 is 0 Å². The highest BCUT2D eigenvalue weighted by molar-refractivity contribution is 7.13. The molecular weight excluding hydrogens is 331 g/mol. The van der Waals surface area contributed by atoms with Crippen LogP contribution in [0.1, 0.15) is 32.0 Å². The van der Waals surface area contributed by atoms with Gasteiger partial charge in [-0.2, -0.15) is 0 Å². The molecule has 7 heteroatoms. The first kappa shape index (κ1) is 18.1. The second-order valence-electron chi connectivity index (χ2n) is 5.71. The maximum absolute atomic E-state index is 13.0. The van der Waals surface area contributed by atoms with Crippen molar-refractivity contribution in [2.24, 2.45) is 0 Å². The number of carbonyl (C=O) groups excluding carboxylic acids is 2. The van der Waals surface area contributed by atoms with E-state index in [4.69, 9.17) is 4.74 Å². The number of amides is 1. The fourth-order valence-corrected chi connectivity index (χ4v) is 2.76. The van der Waals surface area contributed by atoms with E-state index in [1.54, 1.807) is 38.3 Å². The summed E-state index contributed by atoms with van der Waals surface area (Å²) in [5.74, 6) is -0.961. The SMILES string of the molecule is CCOC(=O)Cc1csc(NC(=O)C(C)(C)c2ccc(F)cc2)n1. The van der Waals surface area contributed by atoms with E-state index in [0.717, 1.165) is 0 Å². The minimum atomic E-state index is -0.847. The molecule has 1 heterocycles.